The van der Waals surface area contributed by atoms with Crippen molar-refractivity contribution in [1.82, 2.24) is 15.0 Å². The highest BCUT2D eigenvalue weighted by atomic mass is 19.1. The molecule has 0 aliphatic heterocycles. The molecule has 0 atom stereocenters. The average molecular weight is 312 g/mol. The number of nitrogens with two attached hydrogens (primary N) is 1. The van der Waals surface area contributed by atoms with E-state index in [0.29, 0.717) is 16.8 Å². The van der Waals surface area contributed by atoms with Crippen LogP contribution in [-0.2, 0) is 6.54 Å². The Morgan fingerprint density at radius 3 is 2.78 bits per heavy atom. The first kappa shape index (κ1) is 14.9. The number of carboxylic acid groups (broad SMARTS) is 1. The van der Waals surface area contributed by atoms with E-state index in [4.69, 9.17) is 10.8 Å². The summed E-state index contributed by atoms with van der Waals surface area (Å²) in [5.41, 5.74) is 7.60. The lowest BCUT2D eigenvalue weighted by atomic mass is 10.1. The molecule has 2 aromatic carbocycles. The molecular weight excluding hydrogens is 299 g/mol. The van der Waals surface area contributed by atoms with Crippen molar-refractivity contribution in [2.45, 2.75) is 6.54 Å². The predicted molar refractivity (Wildman–Crippen MR) is 81.6 cm³/mol. The first-order valence-corrected chi connectivity index (χ1v) is 6.83. The number of nitrogens with zero attached hydrogens (tertiary/aromatic N) is 3. The summed E-state index contributed by atoms with van der Waals surface area (Å²) in [5.74, 6) is -1.48. The minimum absolute atomic E-state index is 0.149. The van der Waals surface area contributed by atoms with Gasteiger partial charge in [-0.25, -0.2) is 13.9 Å². The van der Waals surface area contributed by atoms with Crippen LogP contribution in [0.4, 0.5) is 4.39 Å². The number of aromatic nitrogens is 3. The van der Waals surface area contributed by atoms with E-state index in [2.05, 4.69) is 10.3 Å². The fraction of sp³-hybridized carbons (Fsp3) is 0.0625. The smallest absolute Gasteiger partial charge is 0.335 e. The van der Waals surface area contributed by atoms with Gasteiger partial charge < -0.3 is 10.8 Å². The number of hydrogen-bond donors (Lipinski definition) is 2. The summed E-state index contributed by atoms with van der Waals surface area (Å²) < 4.78 is 15.4. The molecule has 23 heavy (non-hydrogen) atoms. The van der Waals surface area contributed by atoms with Crippen molar-refractivity contribution in [2.75, 3.05) is 0 Å². The summed E-state index contributed by atoms with van der Waals surface area (Å²) in [6, 6.07) is 10.9. The Labute approximate surface area is 131 Å². The third-order valence-electron chi connectivity index (χ3n) is 3.39. The molecule has 0 unspecified atom stereocenters. The first-order valence-electron chi connectivity index (χ1n) is 6.83. The zero-order chi connectivity index (χ0) is 16.4. The number of carbonyl (C=O) groups is 1. The van der Waals surface area contributed by atoms with Gasteiger partial charge in [0.05, 0.1) is 11.8 Å². The van der Waals surface area contributed by atoms with Gasteiger partial charge in [-0.2, -0.15) is 0 Å². The minimum Gasteiger partial charge on any atom is -0.478 e. The maximum Gasteiger partial charge on any atom is 0.335 e. The van der Waals surface area contributed by atoms with E-state index in [1.165, 1.54) is 22.9 Å². The van der Waals surface area contributed by atoms with Gasteiger partial charge in [-0.15, -0.1) is 5.10 Å². The molecule has 1 heterocycles. The second-order valence-electron chi connectivity index (χ2n) is 4.92. The summed E-state index contributed by atoms with van der Waals surface area (Å²) >= 11 is 0. The average Bonchev–Trinajstić information content (AvgIpc) is 3.04. The van der Waals surface area contributed by atoms with Crippen LogP contribution in [0.25, 0.3) is 16.9 Å². The lowest BCUT2D eigenvalue weighted by Crippen LogP contribution is -2.02. The molecule has 6 nitrogen and oxygen atoms in total. The molecule has 0 aliphatic carbocycles. The highest BCUT2D eigenvalue weighted by Crippen LogP contribution is 2.20. The summed E-state index contributed by atoms with van der Waals surface area (Å²) in [6.45, 7) is 0.252. The van der Waals surface area contributed by atoms with Crippen molar-refractivity contribution >= 4 is 5.97 Å². The SMILES string of the molecule is NCc1ccc(-n2cc(-c3cccc(C(=O)O)c3)nn2)c(F)c1. The van der Waals surface area contributed by atoms with Gasteiger partial charge in [-0.1, -0.05) is 23.4 Å². The Morgan fingerprint density at radius 1 is 1.26 bits per heavy atom. The molecule has 116 valence electrons. The number of aromatic carboxylic acids is 1. The molecule has 0 aliphatic rings. The fourth-order valence-electron chi connectivity index (χ4n) is 2.19. The summed E-state index contributed by atoms with van der Waals surface area (Å²) in [4.78, 5) is 11.0. The van der Waals surface area contributed by atoms with Gasteiger partial charge in [-0.05, 0) is 29.8 Å². The van der Waals surface area contributed by atoms with Crippen LogP contribution < -0.4 is 5.73 Å². The molecule has 0 bridgehead atoms. The quantitative estimate of drug-likeness (QED) is 0.770. The second-order valence-corrected chi connectivity index (χ2v) is 4.92. The van der Waals surface area contributed by atoms with Crippen LogP contribution in [0.2, 0.25) is 0 Å². The largest absolute Gasteiger partial charge is 0.478 e. The van der Waals surface area contributed by atoms with Crippen molar-refractivity contribution in [1.29, 1.82) is 0 Å². The molecule has 0 amide bonds. The molecule has 3 N–H and O–H groups in total. The van der Waals surface area contributed by atoms with Crippen molar-refractivity contribution in [2.24, 2.45) is 5.73 Å². The van der Waals surface area contributed by atoms with Crippen molar-refractivity contribution in [3.05, 3.63) is 65.6 Å². The van der Waals surface area contributed by atoms with E-state index in [1.807, 2.05) is 0 Å². The summed E-state index contributed by atoms with van der Waals surface area (Å²) in [6.07, 6.45) is 1.54. The fourth-order valence-corrected chi connectivity index (χ4v) is 2.19. The van der Waals surface area contributed by atoms with Gasteiger partial charge in [0.15, 0.2) is 0 Å². The number of carboxylic acids is 1. The molecule has 1 aromatic heterocycles. The maximum absolute atomic E-state index is 14.1. The normalized spacial score (nSPS) is 10.7. The van der Waals surface area contributed by atoms with Gasteiger partial charge in [0.1, 0.15) is 17.2 Å². The van der Waals surface area contributed by atoms with Crippen LogP contribution in [0.3, 0.4) is 0 Å². The third kappa shape index (κ3) is 2.95. The standard InChI is InChI=1S/C16H13FN4O2/c17-13-6-10(8-18)4-5-15(13)21-9-14(19-20-21)11-2-1-3-12(7-11)16(22)23/h1-7,9H,8,18H2,(H,22,23). The molecule has 0 spiro atoms. The van der Waals surface area contributed by atoms with Crippen molar-refractivity contribution < 1.29 is 14.3 Å². The molecule has 0 radical (unpaired) electrons. The molecule has 0 saturated heterocycles. The van der Waals surface area contributed by atoms with E-state index >= 15 is 0 Å². The van der Waals surface area contributed by atoms with Crippen molar-refractivity contribution in [3.63, 3.8) is 0 Å². The molecule has 3 rings (SSSR count). The number of hydrogen-bond acceptors (Lipinski definition) is 4. The zero-order valence-electron chi connectivity index (χ0n) is 12.0. The first-order chi connectivity index (χ1) is 11.1. The lowest BCUT2D eigenvalue weighted by molar-refractivity contribution is 0.0697. The molecule has 0 saturated carbocycles. The Balaban J connectivity index is 1.97. The Hall–Kier alpha value is -3.06. The summed E-state index contributed by atoms with van der Waals surface area (Å²) in [5, 5.41) is 16.9. The van der Waals surface area contributed by atoms with Crippen LogP contribution in [-0.4, -0.2) is 26.1 Å². The lowest BCUT2D eigenvalue weighted by Gasteiger charge is -2.04. The van der Waals surface area contributed by atoms with E-state index in [0.717, 1.165) is 0 Å². The Morgan fingerprint density at radius 2 is 2.09 bits per heavy atom. The van der Waals surface area contributed by atoms with Crippen LogP contribution in [0, 0.1) is 5.82 Å². The zero-order valence-corrected chi connectivity index (χ0v) is 12.0. The highest BCUT2D eigenvalue weighted by Gasteiger charge is 2.11. The van der Waals surface area contributed by atoms with Crippen LogP contribution in [0.5, 0.6) is 0 Å². The van der Waals surface area contributed by atoms with Gasteiger partial charge in [0.25, 0.3) is 0 Å². The van der Waals surface area contributed by atoms with Gasteiger partial charge >= 0.3 is 5.97 Å². The topological polar surface area (TPSA) is 94.0 Å². The minimum atomic E-state index is -1.03. The van der Waals surface area contributed by atoms with Crippen LogP contribution in [0.1, 0.15) is 15.9 Å². The van der Waals surface area contributed by atoms with E-state index in [9.17, 15) is 9.18 Å². The second kappa shape index (κ2) is 5.98. The monoisotopic (exact) mass is 312 g/mol. The third-order valence-corrected chi connectivity index (χ3v) is 3.39. The molecule has 0 fully saturated rings. The Bertz CT molecular complexity index is 876. The summed E-state index contributed by atoms with van der Waals surface area (Å²) in [7, 11) is 0. The van der Waals surface area contributed by atoms with Gasteiger partial charge in [0.2, 0.25) is 0 Å². The maximum atomic E-state index is 14.1. The van der Waals surface area contributed by atoms with Gasteiger partial charge in [-0.3, -0.25) is 0 Å². The molecule has 7 heteroatoms. The Kier molecular flexibility index (Phi) is 3.86. The number of benzene rings is 2. The number of rotatable bonds is 4. The molecule has 3 aromatic rings. The van der Waals surface area contributed by atoms with Gasteiger partial charge in [0, 0.05) is 12.1 Å². The van der Waals surface area contributed by atoms with Crippen molar-refractivity contribution in [3.8, 4) is 16.9 Å². The molecular formula is C16H13FN4O2. The van der Waals surface area contributed by atoms with E-state index in [-0.39, 0.29) is 17.8 Å². The predicted octanol–water partition coefficient (Wildman–Crippen LogP) is 2.23. The highest BCUT2D eigenvalue weighted by molar-refractivity contribution is 5.89. The van der Waals surface area contributed by atoms with Crippen LogP contribution >= 0.6 is 0 Å². The van der Waals surface area contributed by atoms with E-state index in [1.54, 1.807) is 30.5 Å². The number of halogens is 1. The van der Waals surface area contributed by atoms with E-state index < -0.39 is 11.8 Å². The van der Waals surface area contributed by atoms with Crippen LogP contribution in [0.15, 0.2) is 48.7 Å².